The normalized spacial score (nSPS) is 11.5. The van der Waals surface area contributed by atoms with Gasteiger partial charge in [-0.1, -0.05) is 52.9 Å². The predicted molar refractivity (Wildman–Crippen MR) is 94.6 cm³/mol. The van der Waals surface area contributed by atoms with Gasteiger partial charge < -0.3 is 26.6 Å². The Hall–Kier alpha value is 0.400. The minimum absolute atomic E-state index is 0. The summed E-state index contributed by atoms with van der Waals surface area (Å²) in [5, 5.41) is 9.55. The van der Waals surface area contributed by atoms with Crippen LogP contribution < -0.4 is 17.0 Å². The molecular weight excluding hydrogens is 338 g/mol. The Morgan fingerprint density at radius 3 is 1.27 bits per heavy atom. The lowest BCUT2D eigenvalue weighted by atomic mass is 10.1. The van der Waals surface area contributed by atoms with Crippen molar-refractivity contribution in [2.24, 2.45) is 0 Å². The molecule has 0 rings (SSSR count). The molecule has 3 heteroatoms. The summed E-state index contributed by atoms with van der Waals surface area (Å²) in [6, 6.07) is 0. The van der Waals surface area contributed by atoms with E-state index in [1.807, 2.05) is 0 Å². The molecule has 0 aromatic rings. The SMILES string of the molecule is CCCCCC[N+](CCO)(CCCCC)CCCCCC.[Br-]. The molecule has 136 valence electrons. The summed E-state index contributed by atoms with van der Waals surface area (Å²) in [7, 11) is 0. The Morgan fingerprint density at radius 1 is 0.545 bits per heavy atom. The highest BCUT2D eigenvalue weighted by Crippen LogP contribution is 2.16. The maximum absolute atomic E-state index is 9.55. The Labute approximate surface area is 151 Å². The van der Waals surface area contributed by atoms with Crippen molar-refractivity contribution in [3.8, 4) is 0 Å². The second-order valence-corrected chi connectivity index (χ2v) is 6.79. The molecule has 0 amide bonds. The Bertz CT molecular complexity index is 200. The molecule has 1 N–H and O–H groups in total. The smallest absolute Gasteiger partial charge is 0.102 e. The van der Waals surface area contributed by atoms with Gasteiger partial charge in [0.25, 0.3) is 0 Å². The van der Waals surface area contributed by atoms with Gasteiger partial charge in [0.05, 0.1) is 26.2 Å². The summed E-state index contributed by atoms with van der Waals surface area (Å²) < 4.78 is 1.18. The zero-order valence-electron chi connectivity index (χ0n) is 15.6. The van der Waals surface area contributed by atoms with Gasteiger partial charge in [-0.3, -0.25) is 0 Å². The lowest BCUT2D eigenvalue weighted by molar-refractivity contribution is -0.929. The highest BCUT2D eigenvalue weighted by Gasteiger charge is 2.25. The number of halogens is 1. The summed E-state index contributed by atoms with van der Waals surface area (Å²) in [5.74, 6) is 0. The van der Waals surface area contributed by atoms with Crippen LogP contribution in [0, 0.1) is 0 Å². The van der Waals surface area contributed by atoms with Crippen molar-refractivity contribution in [1.29, 1.82) is 0 Å². The van der Waals surface area contributed by atoms with Crippen molar-refractivity contribution < 1.29 is 26.6 Å². The summed E-state index contributed by atoms with van der Waals surface area (Å²) in [6.07, 6.45) is 14.7. The molecule has 0 aromatic carbocycles. The van der Waals surface area contributed by atoms with Crippen LogP contribution in [0.2, 0.25) is 0 Å². The first-order valence-electron chi connectivity index (χ1n) is 9.70. The fourth-order valence-corrected chi connectivity index (χ4v) is 3.33. The van der Waals surface area contributed by atoms with Gasteiger partial charge in [0, 0.05) is 0 Å². The van der Waals surface area contributed by atoms with Crippen molar-refractivity contribution in [2.75, 3.05) is 32.8 Å². The summed E-state index contributed by atoms with van der Waals surface area (Å²) in [6.45, 7) is 12.0. The first-order chi connectivity index (χ1) is 10.2. The van der Waals surface area contributed by atoms with Crippen molar-refractivity contribution in [2.45, 2.75) is 91.4 Å². The van der Waals surface area contributed by atoms with E-state index in [-0.39, 0.29) is 17.0 Å². The fourth-order valence-electron chi connectivity index (χ4n) is 3.33. The van der Waals surface area contributed by atoms with Gasteiger partial charge in [0.1, 0.15) is 6.54 Å². The number of rotatable bonds is 16. The average Bonchev–Trinajstić information content (AvgIpc) is 2.49. The molecule has 22 heavy (non-hydrogen) atoms. The van der Waals surface area contributed by atoms with Crippen LogP contribution in [0.4, 0.5) is 0 Å². The molecule has 0 atom stereocenters. The molecule has 0 aromatic heterocycles. The zero-order valence-corrected chi connectivity index (χ0v) is 17.2. The third kappa shape index (κ3) is 12.9. The molecule has 0 unspecified atom stereocenters. The highest BCUT2D eigenvalue weighted by molar-refractivity contribution is 4.51. The molecule has 0 spiro atoms. The largest absolute Gasteiger partial charge is 1.00 e. The third-order valence-electron chi connectivity index (χ3n) is 4.78. The number of nitrogens with zero attached hydrogens (tertiary/aromatic N) is 1. The average molecular weight is 380 g/mol. The summed E-state index contributed by atoms with van der Waals surface area (Å²) in [5.41, 5.74) is 0. The quantitative estimate of drug-likeness (QED) is 0.321. The maximum atomic E-state index is 9.55. The minimum atomic E-state index is 0. The number of aliphatic hydroxyl groups excluding tert-OH is 1. The van der Waals surface area contributed by atoms with Gasteiger partial charge in [-0.05, 0) is 38.5 Å². The second kappa shape index (κ2) is 17.7. The van der Waals surface area contributed by atoms with Crippen LogP contribution in [-0.4, -0.2) is 42.4 Å². The van der Waals surface area contributed by atoms with Crippen molar-refractivity contribution >= 4 is 0 Å². The van der Waals surface area contributed by atoms with Crippen LogP contribution in [0.1, 0.15) is 91.4 Å². The van der Waals surface area contributed by atoms with E-state index in [0.29, 0.717) is 6.61 Å². The van der Waals surface area contributed by atoms with E-state index in [9.17, 15) is 5.11 Å². The fraction of sp³-hybridized carbons (Fsp3) is 1.00. The summed E-state index contributed by atoms with van der Waals surface area (Å²) >= 11 is 0. The molecule has 0 saturated heterocycles. The standard InChI is InChI=1S/C19H42NO.BrH/c1-4-7-10-13-16-20(18-19-21,15-12-9-6-3)17-14-11-8-5-2;/h21H,4-19H2,1-3H3;1H/q+1;/p-1. The van der Waals surface area contributed by atoms with E-state index in [1.54, 1.807) is 0 Å². The van der Waals surface area contributed by atoms with E-state index in [0.717, 1.165) is 6.54 Å². The van der Waals surface area contributed by atoms with Crippen molar-refractivity contribution in [3.63, 3.8) is 0 Å². The molecule has 0 aliphatic carbocycles. The number of quaternary nitrogens is 1. The first kappa shape index (κ1) is 24.6. The molecule has 0 bridgehead atoms. The Morgan fingerprint density at radius 2 is 0.909 bits per heavy atom. The van der Waals surface area contributed by atoms with Crippen molar-refractivity contribution in [1.82, 2.24) is 0 Å². The van der Waals surface area contributed by atoms with E-state index < -0.39 is 0 Å². The molecule has 0 aliphatic rings. The number of aliphatic hydroxyl groups is 1. The third-order valence-corrected chi connectivity index (χ3v) is 4.78. The van der Waals surface area contributed by atoms with Gasteiger partial charge in [0.15, 0.2) is 0 Å². The lowest BCUT2D eigenvalue weighted by Crippen LogP contribution is -3.00. The molecule has 2 nitrogen and oxygen atoms in total. The van der Waals surface area contributed by atoms with Crippen LogP contribution in [0.15, 0.2) is 0 Å². The Balaban J connectivity index is 0. The molecule has 0 aliphatic heterocycles. The van der Waals surface area contributed by atoms with Crippen molar-refractivity contribution in [3.05, 3.63) is 0 Å². The van der Waals surface area contributed by atoms with Gasteiger partial charge in [-0.2, -0.15) is 0 Å². The lowest BCUT2D eigenvalue weighted by Gasteiger charge is -2.39. The van der Waals surface area contributed by atoms with Gasteiger partial charge in [-0.15, -0.1) is 0 Å². The van der Waals surface area contributed by atoms with E-state index >= 15 is 0 Å². The molecule has 0 radical (unpaired) electrons. The van der Waals surface area contributed by atoms with E-state index in [1.165, 1.54) is 94.7 Å². The summed E-state index contributed by atoms with van der Waals surface area (Å²) in [4.78, 5) is 0. The highest BCUT2D eigenvalue weighted by atomic mass is 79.9. The first-order valence-corrected chi connectivity index (χ1v) is 9.70. The molecule has 0 heterocycles. The van der Waals surface area contributed by atoms with Gasteiger partial charge >= 0.3 is 0 Å². The maximum Gasteiger partial charge on any atom is 0.102 e. The zero-order chi connectivity index (χ0) is 15.8. The monoisotopic (exact) mass is 379 g/mol. The van der Waals surface area contributed by atoms with Crippen LogP contribution >= 0.6 is 0 Å². The van der Waals surface area contributed by atoms with Crippen LogP contribution in [0.5, 0.6) is 0 Å². The van der Waals surface area contributed by atoms with Crippen LogP contribution in [0.25, 0.3) is 0 Å². The molecular formula is C19H42BrNO. The molecule has 0 fully saturated rings. The number of hydrogen-bond donors (Lipinski definition) is 1. The topological polar surface area (TPSA) is 20.2 Å². The Kier molecular flexibility index (Phi) is 19.9. The van der Waals surface area contributed by atoms with Gasteiger partial charge in [0.2, 0.25) is 0 Å². The minimum Gasteiger partial charge on any atom is -1.00 e. The van der Waals surface area contributed by atoms with E-state index in [2.05, 4.69) is 20.8 Å². The number of hydrogen-bond acceptors (Lipinski definition) is 1. The predicted octanol–water partition coefficient (Wildman–Crippen LogP) is 2.15. The molecule has 0 saturated carbocycles. The van der Waals surface area contributed by atoms with Gasteiger partial charge in [-0.25, -0.2) is 0 Å². The second-order valence-electron chi connectivity index (χ2n) is 6.79. The van der Waals surface area contributed by atoms with Crippen LogP contribution in [-0.2, 0) is 0 Å². The van der Waals surface area contributed by atoms with E-state index in [4.69, 9.17) is 0 Å². The van der Waals surface area contributed by atoms with Crippen LogP contribution in [0.3, 0.4) is 0 Å². The number of unbranched alkanes of at least 4 members (excludes halogenated alkanes) is 8.